The van der Waals surface area contributed by atoms with Crippen molar-refractivity contribution >= 4 is 51.6 Å². The number of rotatable bonds is 3. The summed E-state index contributed by atoms with van der Waals surface area (Å²) in [5.74, 6) is -0.120. The van der Waals surface area contributed by atoms with Crippen LogP contribution in [0.3, 0.4) is 0 Å². The van der Waals surface area contributed by atoms with Gasteiger partial charge in [-0.05, 0) is 42.0 Å². The van der Waals surface area contributed by atoms with Crippen molar-refractivity contribution in [1.82, 2.24) is 10.3 Å². The van der Waals surface area contributed by atoms with E-state index in [1.165, 1.54) is 18.3 Å². The lowest BCUT2D eigenvalue weighted by Crippen LogP contribution is -2.32. The van der Waals surface area contributed by atoms with Crippen molar-refractivity contribution in [2.24, 2.45) is 0 Å². The van der Waals surface area contributed by atoms with Crippen LogP contribution in [-0.4, -0.2) is 17.5 Å². The Morgan fingerprint density at radius 1 is 1.06 bits per heavy atom. The van der Waals surface area contributed by atoms with Crippen LogP contribution in [0, 0.1) is 5.82 Å². The molecule has 1 N–H and O–H groups in total. The van der Waals surface area contributed by atoms with E-state index in [1.807, 2.05) is 24.3 Å². The van der Waals surface area contributed by atoms with Gasteiger partial charge in [0.15, 0.2) is 0 Å². The first kappa shape index (κ1) is 22.0. The maximum absolute atomic E-state index is 14.8. The quantitative estimate of drug-likeness (QED) is 0.321. The molecule has 8 heteroatoms. The van der Waals surface area contributed by atoms with Gasteiger partial charge in [-0.3, -0.25) is 9.78 Å². The molecule has 0 saturated carbocycles. The molecular formula is C25H16Cl3FN2O2. The van der Waals surface area contributed by atoms with Crippen molar-refractivity contribution in [2.75, 3.05) is 6.61 Å². The van der Waals surface area contributed by atoms with Gasteiger partial charge in [0.25, 0.3) is 5.91 Å². The fourth-order valence-electron chi connectivity index (χ4n) is 4.07. The highest BCUT2D eigenvalue weighted by atomic mass is 35.5. The standard InChI is InChI=1S/C25H16Cl3FN2O2/c26-14-9-13(10-15(27)11-14)22-19(29)6-5-17-23(28)18(12-30-24(17)22)25(32)31-20-7-8-33-21-4-2-1-3-16(20)21/h1-6,9-12,20H,7-8H2,(H,31,32). The van der Waals surface area contributed by atoms with Crippen molar-refractivity contribution < 1.29 is 13.9 Å². The Morgan fingerprint density at radius 2 is 1.82 bits per heavy atom. The summed E-state index contributed by atoms with van der Waals surface area (Å²) >= 11 is 18.9. The molecule has 1 unspecified atom stereocenters. The summed E-state index contributed by atoms with van der Waals surface area (Å²) < 4.78 is 20.5. The Morgan fingerprint density at radius 3 is 2.61 bits per heavy atom. The summed E-state index contributed by atoms with van der Waals surface area (Å²) in [6.45, 7) is 0.497. The summed E-state index contributed by atoms with van der Waals surface area (Å²) in [4.78, 5) is 17.5. The molecule has 1 amide bonds. The molecule has 0 radical (unpaired) electrons. The van der Waals surface area contributed by atoms with Crippen LogP contribution in [0.4, 0.5) is 4.39 Å². The van der Waals surface area contributed by atoms with Gasteiger partial charge in [-0.25, -0.2) is 4.39 Å². The number of hydrogen-bond donors (Lipinski definition) is 1. The number of hydrogen-bond acceptors (Lipinski definition) is 3. The van der Waals surface area contributed by atoms with E-state index < -0.39 is 5.82 Å². The highest BCUT2D eigenvalue weighted by Gasteiger charge is 2.25. The number of carbonyl (C=O) groups is 1. The van der Waals surface area contributed by atoms with Gasteiger partial charge in [-0.2, -0.15) is 0 Å². The van der Waals surface area contributed by atoms with Gasteiger partial charge >= 0.3 is 0 Å². The second-order valence-electron chi connectivity index (χ2n) is 7.66. The van der Waals surface area contributed by atoms with Crippen LogP contribution in [0.25, 0.3) is 22.0 Å². The fourth-order valence-corrected chi connectivity index (χ4v) is 4.88. The summed E-state index contributed by atoms with van der Waals surface area (Å²) in [6.07, 6.45) is 1.99. The molecular weight excluding hydrogens is 486 g/mol. The highest BCUT2D eigenvalue weighted by molar-refractivity contribution is 6.39. The van der Waals surface area contributed by atoms with Gasteiger partial charge in [0.05, 0.1) is 28.8 Å². The predicted octanol–water partition coefficient (Wildman–Crippen LogP) is 7.25. The minimum atomic E-state index is -0.500. The molecule has 0 saturated heterocycles. The van der Waals surface area contributed by atoms with E-state index in [-0.39, 0.29) is 28.1 Å². The largest absolute Gasteiger partial charge is 0.493 e. The lowest BCUT2D eigenvalue weighted by molar-refractivity contribution is 0.0924. The third-order valence-corrected chi connectivity index (χ3v) is 6.43. The highest BCUT2D eigenvalue weighted by Crippen LogP contribution is 2.37. The molecule has 4 aromatic rings. The summed E-state index contributed by atoms with van der Waals surface area (Å²) in [5.41, 5.74) is 2.10. The molecule has 1 aliphatic rings. The maximum atomic E-state index is 14.8. The third-order valence-electron chi connectivity index (χ3n) is 5.58. The number of nitrogens with one attached hydrogen (secondary N) is 1. The van der Waals surface area contributed by atoms with Crippen LogP contribution in [0.2, 0.25) is 15.1 Å². The van der Waals surface area contributed by atoms with Crippen molar-refractivity contribution in [1.29, 1.82) is 0 Å². The average Bonchev–Trinajstić information content (AvgIpc) is 2.78. The topological polar surface area (TPSA) is 51.2 Å². The molecule has 4 nitrogen and oxygen atoms in total. The van der Waals surface area contributed by atoms with Crippen LogP contribution in [0.15, 0.2) is 60.8 Å². The Kier molecular flexibility index (Phi) is 5.87. The van der Waals surface area contributed by atoms with Gasteiger partial charge in [0.1, 0.15) is 11.6 Å². The monoisotopic (exact) mass is 500 g/mol. The van der Waals surface area contributed by atoms with Crippen LogP contribution >= 0.6 is 34.8 Å². The second kappa shape index (κ2) is 8.82. The number of fused-ring (bicyclic) bond motifs is 2. The first-order chi connectivity index (χ1) is 15.9. The van der Waals surface area contributed by atoms with Gasteiger partial charge in [-0.1, -0.05) is 53.0 Å². The van der Waals surface area contributed by atoms with Gasteiger partial charge < -0.3 is 10.1 Å². The number of pyridine rings is 1. The molecule has 1 aliphatic heterocycles. The molecule has 5 rings (SSSR count). The number of benzene rings is 3. The van der Waals surface area contributed by atoms with E-state index in [2.05, 4.69) is 10.3 Å². The summed E-state index contributed by atoms with van der Waals surface area (Å²) in [7, 11) is 0. The minimum Gasteiger partial charge on any atom is -0.493 e. The third kappa shape index (κ3) is 4.12. The number of amides is 1. The SMILES string of the molecule is O=C(NC1CCOc2ccccc21)c1cnc2c(-c3cc(Cl)cc(Cl)c3)c(F)ccc2c1Cl. The van der Waals surface area contributed by atoms with Gasteiger partial charge in [-0.15, -0.1) is 0 Å². The number of para-hydroxylation sites is 1. The van der Waals surface area contributed by atoms with E-state index in [9.17, 15) is 9.18 Å². The molecule has 0 aliphatic carbocycles. The lowest BCUT2D eigenvalue weighted by atomic mass is 9.99. The first-order valence-corrected chi connectivity index (χ1v) is 11.3. The Balaban J connectivity index is 1.54. The lowest BCUT2D eigenvalue weighted by Gasteiger charge is -2.26. The van der Waals surface area contributed by atoms with E-state index in [0.29, 0.717) is 39.5 Å². The number of nitrogens with zero attached hydrogens (tertiary/aromatic N) is 1. The zero-order valence-corrected chi connectivity index (χ0v) is 19.3. The zero-order chi connectivity index (χ0) is 23.1. The average molecular weight is 502 g/mol. The Bertz CT molecular complexity index is 1390. The van der Waals surface area contributed by atoms with E-state index >= 15 is 0 Å². The van der Waals surface area contributed by atoms with Crippen LogP contribution in [0.1, 0.15) is 28.4 Å². The molecule has 2 heterocycles. The van der Waals surface area contributed by atoms with Crippen molar-refractivity contribution in [3.8, 4) is 16.9 Å². The summed E-state index contributed by atoms with van der Waals surface area (Å²) in [5, 5.41) is 4.39. The van der Waals surface area contributed by atoms with Crippen molar-refractivity contribution in [2.45, 2.75) is 12.5 Å². The molecule has 0 bridgehead atoms. The van der Waals surface area contributed by atoms with Crippen LogP contribution in [-0.2, 0) is 0 Å². The normalized spacial score (nSPS) is 15.1. The molecule has 1 atom stereocenters. The molecule has 1 aromatic heterocycles. The zero-order valence-electron chi connectivity index (χ0n) is 17.0. The van der Waals surface area contributed by atoms with Gasteiger partial charge in [0, 0.05) is 39.2 Å². The number of halogens is 4. The van der Waals surface area contributed by atoms with Crippen molar-refractivity contribution in [3.05, 3.63) is 92.8 Å². The number of carbonyl (C=O) groups excluding carboxylic acids is 1. The Labute approximate surface area is 204 Å². The maximum Gasteiger partial charge on any atom is 0.254 e. The van der Waals surface area contributed by atoms with Crippen molar-refractivity contribution in [3.63, 3.8) is 0 Å². The smallest absolute Gasteiger partial charge is 0.254 e. The molecule has 33 heavy (non-hydrogen) atoms. The minimum absolute atomic E-state index is 0.187. The fraction of sp³-hybridized carbons (Fsp3) is 0.120. The van der Waals surface area contributed by atoms with Crippen LogP contribution < -0.4 is 10.1 Å². The molecule has 0 fully saturated rings. The summed E-state index contributed by atoms with van der Waals surface area (Å²) in [6, 6.07) is 14.9. The van der Waals surface area contributed by atoms with Crippen LogP contribution in [0.5, 0.6) is 5.75 Å². The number of aromatic nitrogens is 1. The predicted molar refractivity (Wildman–Crippen MR) is 129 cm³/mol. The molecule has 3 aromatic carbocycles. The van der Waals surface area contributed by atoms with Gasteiger partial charge in [0.2, 0.25) is 0 Å². The molecule has 0 spiro atoms. The van der Waals surface area contributed by atoms with E-state index in [1.54, 1.807) is 18.2 Å². The first-order valence-electron chi connectivity index (χ1n) is 10.2. The van der Waals surface area contributed by atoms with E-state index in [0.717, 1.165) is 11.3 Å². The second-order valence-corrected chi connectivity index (χ2v) is 8.91. The molecule has 166 valence electrons. The van der Waals surface area contributed by atoms with E-state index in [4.69, 9.17) is 39.5 Å². The number of ether oxygens (including phenoxy) is 1. The Hall–Kier alpha value is -2.86.